The summed E-state index contributed by atoms with van der Waals surface area (Å²) in [6.07, 6.45) is 4.65. The van der Waals surface area contributed by atoms with Crippen molar-refractivity contribution < 1.29 is 5.11 Å². The van der Waals surface area contributed by atoms with Gasteiger partial charge in [0.2, 0.25) is 0 Å². The predicted octanol–water partition coefficient (Wildman–Crippen LogP) is 0.860. The highest BCUT2D eigenvalue weighted by Crippen LogP contribution is 2.21. The summed E-state index contributed by atoms with van der Waals surface area (Å²) in [4.78, 5) is 6.43. The Kier molecular flexibility index (Phi) is 2.80. The van der Waals surface area contributed by atoms with Crippen molar-refractivity contribution in [3.05, 3.63) is 18.2 Å². The largest absolute Gasteiger partial charge is 0.389 e. The molecular formula is C11H19N3O. The molecule has 2 heterocycles. The summed E-state index contributed by atoms with van der Waals surface area (Å²) in [7, 11) is 0. The van der Waals surface area contributed by atoms with Crippen LogP contribution in [0.2, 0.25) is 0 Å². The van der Waals surface area contributed by atoms with Gasteiger partial charge < -0.3 is 9.67 Å². The third-order valence-corrected chi connectivity index (χ3v) is 3.06. The molecule has 0 bridgehead atoms. The molecule has 1 saturated heterocycles. The predicted molar refractivity (Wildman–Crippen MR) is 58.4 cm³/mol. The molecule has 0 aromatic carbocycles. The van der Waals surface area contributed by atoms with E-state index in [1.807, 2.05) is 19.4 Å². The number of rotatable bonds is 3. The minimum Gasteiger partial charge on any atom is -0.389 e. The third-order valence-electron chi connectivity index (χ3n) is 3.06. The monoisotopic (exact) mass is 209 g/mol. The molecule has 0 radical (unpaired) electrons. The van der Waals surface area contributed by atoms with Gasteiger partial charge in [-0.05, 0) is 20.3 Å². The molecule has 4 nitrogen and oxygen atoms in total. The lowest BCUT2D eigenvalue weighted by Gasteiger charge is -2.19. The highest BCUT2D eigenvalue weighted by Gasteiger charge is 2.31. The molecular weight excluding hydrogens is 190 g/mol. The summed E-state index contributed by atoms with van der Waals surface area (Å²) in [5.74, 6) is 0. The van der Waals surface area contributed by atoms with Gasteiger partial charge in [-0.3, -0.25) is 4.90 Å². The number of hydrogen-bond donors (Lipinski definition) is 1. The smallest absolute Gasteiger partial charge is 0.0948 e. The van der Waals surface area contributed by atoms with Crippen molar-refractivity contribution in [3.63, 3.8) is 0 Å². The van der Waals surface area contributed by atoms with Crippen LogP contribution in [-0.4, -0.2) is 38.2 Å². The fourth-order valence-electron chi connectivity index (χ4n) is 2.17. The van der Waals surface area contributed by atoms with Gasteiger partial charge in [0.25, 0.3) is 0 Å². The van der Waals surface area contributed by atoms with E-state index in [0.29, 0.717) is 0 Å². The molecule has 1 unspecified atom stereocenters. The summed E-state index contributed by atoms with van der Waals surface area (Å²) < 4.78 is 2.15. The van der Waals surface area contributed by atoms with Crippen LogP contribution in [0, 0.1) is 0 Å². The van der Waals surface area contributed by atoms with Gasteiger partial charge in [0.05, 0.1) is 17.6 Å². The number of likely N-dealkylation sites (tertiary alicyclic amines) is 1. The molecule has 0 aliphatic carbocycles. The molecule has 1 aromatic heterocycles. The minimum atomic E-state index is -0.503. The molecule has 1 N–H and O–H groups in total. The van der Waals surface area contributed by atoms with E-state index in [9.17, 15) is 5.11 Å². The molecule has 1 fully saturated rings. The van der Waals surface area contributed by atoms with Crippen LogP contribution in [0.4, 0.5) is 0 Å². The molecule has 1 aliphatic rings. The molecule has 4 heteroatoms. The van der Waals surface area contributed by atoms with Crippen LogP contribution in [-0.2, 0) is 13.1 Å². The highest BCUT2D eigenvalue weighted by molar-refractivity contribution is 5.00. The number of aromatic nitrogens is 2. The first-order valence-corrected chi connectivity index (χ1v) is 5.54. The Morgan fingerprint density at radius 2 is 2.40 bits per heavy atom. The van der Waals surface area contributed by atoms with E-state index < -0.39 is 5.60 Å². The summed E-state index contributed by atoms with van der Waals surface area (Å²) >= 11 is 0. The number of nitrogens with zero attached hydrogens (tertiary/aromatic N) is 3. The Morgan fingerprint density at radius 1 is 1.60 bits per heavy atom. The van der Waals surface area contributed by atoms with Gasteiger partial charge in [0.1, 0.15) is 0 Å². The van der Waals surface area contributed by atoms with Crippen molar-refractivity contribution in [1.29, 1.82) is 0 Å². The summed E-state index contributed by atoms with van der Waals surface area (Å²) in [5, 5.41) is 9.86. The zero-order chi connectivity index (χ0) is 10.9. The second-order valence-corrected chi connectivity index (χ2v) is 4.63. The van der Waals surface area contributed by atoms with E-state index in [1.54, 1.807) is 0 Å². The van der Waals surface area contributed by atoms with Gasteiger partial charge in [-0.2, -0.15) is 0 Å². The van der Waals surface area contributed by atoms with Crippen LogP contribution in [0.5, 0.6) is 0 Å². The SMILES string of the molecule is CCn1cncc1CN1CCC(C)(O)C1. The molecule has 1 aliphatic heterocycles. The number of aryl methyl sites for hydroxylation is 1. The minimum absolute atomic E-state index is 0.503. The molecule has 2 rings (SSSR count). The molecule has 1 aromatic rings. The van der Waals surface area contributed by atoms with Gasteiger partial charge >= 0.3 is 0 Å². The van der Waals surface area contributed by atoms with Crippen molar-refractivity contribution in [2.45, 2.75) is 39.0 Å². The van der Waals surface area contributed by atoms with E-state index in [4.69, 9.17) is 0 Å². The van der Waals surface area contributed by atoms with Crippen molar-refractivity contribution >= 4 is 0 Å². The second kappa shape index (κ2) is 3.94. The van der Waals surface area contributed by atoms with Gasteiger partial charge in [0, 0.05) is 32.4 Å². The maximum atomic E-state index is 9.86. The van der Waals surface area contributed by atoms with Crippen LogP contribution < -0.4 is 0 Å². The Morgan fingerprint density at radius 3 is 3.00 bits per heavy atom. The van der Waals surface area contributed by atoms with Gasteiger partial charge in [-0.1, -0.05) is 0 Å². The van der Waals surface area contributed by atoms with Crippen molar-refractivity contribution in [3.8, 4) is 0 Å². The lowest BCUT2D eigenvalue weighted by atomic mass is 10.1. The normalized spacial score (nSPS) is 27.4. The van der Waals surface area contributed by atoms with E-state index in [0.717, 1.165) is 32.6 Å². The van der Waals surface area contributed by atoms with Gasteiger partial charge in [-0.15, -0.1) is 0 Å². The summed E-state index contributed by atoms with van der Waals surface area (Å²) in [6.45, 7) is 7.61. The first-order valence-electron chi connectivity index (χ1n) is 5.54. The van der Waals surface area contributed by atoms with Crippen LogP contribution in [0.1, 0.15) is 26.0 Å². The maximum absolute atomic E-state index is 9.86. The number of hydrogen-bond acceptors (Lipinski definition) is 3. The Bertz CT molecular complexity index is 332. The first kappa shape index (κ1) is 10.6. The molecule has 15 heavy (non-hydrogen) atoms. The zero-order valence-corrected chi connectivity index (χ0v) is 9.48. The van der Waals surface area contributed by atoms with Crippen LogP contribution >= 0.6 is 0 Å². The average Bonchev–Trinajstić information content (AvgIpc) is 2.73. The maximum Gasteiger partial charge on any atom is 0.0948 e. The quantitative estimate of drug-likeness (QED) is 0.802. The lowest BCUT2D eigenvalue weighted by Crippen LogP contribution is -2.29. The van der Waals surface area contributed by atoms with E-state index >= 15 is 0 Å². The van der Waals surface area contributed by atoms with Gasteiger partial charge in [-0.25, -0.2) is 4.98 Å². The Balaban J connectivity index is 1.98. The first-order chi connectivity index (χ1) is 7.11. The van der Waals surface area contributed by atoms with E-state index in [2.05, 4.69) is 21.4 Å². The summed E-state index contributed by atoms with van der Waals surface area (Å²) in [6, 6.07) is 0. The number of β-amino-alcohol motifs (C(OH)–C–C–N with tert-alkyl or cyclic N) is 1. The average molecular weight is 209 g/mol. The third kappa shape index (κ3) is 2.38. The topological polar surface area (TPSA) is 41.3 Å². The van der Waals surface area contributed by atoms with Crippen LogP contribution in [0.3, 0.4) is 0 Å². The summed E-state index contributed by atoms with van der Waals surface area (Å²) in [5.41, 5.74) is 0.729. The Hall–Kier alpha value is -0.870. The molecule has 84 valence electrons. The number of imidazole rings is 1. The van der Waals surface area contributed by atoms with Crippen molar-refractivity contribution in [1.82, 2.24) is 14.5 Å². The van der Waals surface area contributed by atoms with Crippen LogP contribution in [0.25, 0.3) is 0 Å². The molecule has 0 spiro atoms. The standard InChI is InChI=1S/C11H19N3O/c1-3-14-9-12-6-10(14)7-13-5-4-11(2,15)8-13/h6,9,15H,3-5,7-8H2,1-2H3. The second-order valence-electron chi connectivity index (χ2n) is 4.63. The molecule has 0 amide bonds. The highest BCUT2D eigenvalue weighted by atomic mass is 16.3. The fourth-order valence-corrected chi connectivity index (χ4v) is 2.17. The van der Waals surface area contributed by atoms with Gasteiger partial charge in [0.15, 0.2) is 0 Å². The Labute approximate surface area is 90.5 Å². The molecule has 1 atom stereocenters. The van der Waals surface area contributed by atoms with E-state index in [1.165, 1.54) is 5.69 Å². The fraction of sp³-hybridized carbons (Fsp3) is 0.727. The number of aliphatic hydroxyl groups is 1. The van der Waals surface area contributed by atoms with E-state index in [-0.39, 0.29) is 0 Å². The van der Waals surface area contributed by atoms with Crippen molar-refractivity contribution in [2.75, 3.05) is 13.1 Å². The van der Waals surface area contributed by atoms with Crippen LogP contribution in [0.15, 0.2) is 12.5 Å². The van der Waals surface area contributed by atoms with Crippen molar-refractivity contribution in [2.24, 2.45) is 0 Å². The molecule has 0 saturated carbocycles. The zero-order valence-electron chi connectivity index (χ0n) is 9.48. The lowest BCUT2D eigenvalue weighted by molar-refractivity contribution is 0.0676.